The van der Waals surface area contributed by atoms with Crippen molar-refractivity contribution in [1.82, 2.24) is 0 Å². The van der Waals surface area contributed by atoms with Gasteiger partial charge < -0.3 is 9.59 Å². The van der Waals surface area contributed by atoms with Crippen LogP contribution in [0.15, 0.2) is 0 Å². The average molecular weight is 209 g/mol. The molecule has 0 saturated heterocycles. The molecule has 0 amide bonds. The molecule has 2 nitrogen and oxygen atoms in total. The van der Waals surface area contributed by atoms with E-state index >= 15 is 0 Å². The molecule has 52 valence electrons. The van der Waals surface area contributed by atoms with Gasteiger partial charge in [0.05, 0.1) is 0 Å². The Labute approximate surface area is 65.2 Å². The van der Waals surface area contributed by atoms with Gasteiger partial charge in [0.15, 0.2) is 0 Å². The Bertz CT molecular complexity index is 57.4. The van der Waals surface area contributed by atoms with E-state index < -0.39 is 0 Å². The maximum Gasteiger partial charge on any atom is 1.00 e. The van der Waals surface area contributed by atoms with Crippen LogP contribution < -0.4 is 0 Å². The molecule has 0 heterocycles. The standard InChI is InChI=1S/C3H6O.C2H3O.Ag/c1-3(2)4;1-2-3;/h1-2H3;1H3;/q;-1;+1. The molecule has 0 spiro atoms. The summed E-state index contributed by atoms with van der Waals surface area (Å²) in [6.07, 6.45) is 1.50. The van der Waals surface area contributed by atoms with Crippen molar-refractivity contribution in [2.75, 3.05) is 0 Å². The summed E-state index contributed by atoms with van der Waals surface area (Å²) in [6.45, 7) is 4.38. The Balaban J connectivity index is -0.0000000575. The van der Waals surface area contributed by atoms with Crippen molar-refractivity contribution in [2.45, 2.75) is 20.8 Å². The molecule has 0 atom stereocenters. The number of ketones is 1. The summed E-state index contributed by atoms with van der Waals surface area (Å²) in [6, 6.07) is 0. The van der Waals surface area contributed by atoms with Crippen molar-refractivity contribution in [2.24, 2.45) is 0 Å². The third-order valence-corrected chi connectivity index (χ3v) is 0. The first kappa shape index (κ1) is 15.7. The average Bonchev–Trinajstić information content (AvgIpc) is 1.33. The zero-order valence-corrected chi connectivity index (χ0v) is 6.60. The smallest absolute Gasteiger partial charge is 0.542 e. The topological polar surface area (TPSA) is 34.1 Å². The maximum atomic E-state index is 9.44. The minimum absolute atomic E-state index is 0. The van der Waals surface area contributed by atoms with Crippen molar-refractivity contribution in [3.05, 3.63) is 0 Å². The van der Waals surface area contributed by atoms with Crippen LogP contribution in [0, 0.1) is 0 Å². The Kier molecular flexibility index (Phi) is 30.8. The van der Waals surface area contributed by atoms with Gasteiger partial charge in [-0.3, -0.25) is 6.29 Å². The molecule has 0 rings (SSSR count). The minimum atomic E-state index is 0. The van der Waals surface area contributed by atoms with Crippen LogP contribution >= 0.6 is 0 Å². The summed E-state index contributed by atoms with van der Waals surface area (Å²) in [5, 5.41) is 0. The van der Waals surface area contributed by atoms with E-state index in [0.29, 0.717) is 0 Å². The predicted octanol–water partition coefficient (Wildman–Crippen LogP) is 0.709. The van der Waals surface area contributed by atoms with Crippen LogP contribution in [0.3, 0.4) is 0 Å². The van der Waals surface area contributed by atoms with Crippen LogP contribution in [0.5, 0.6) is 0 Å². The molecule has 0 unspecified atom stereocenters. The fraction of sp³-hybridized carbons (Fsp3) is 0.600. The van der Waals surface area contributed by atoms with Gasteiger partial charge in [-0.05, 0) is 13.8 Å². The van der Waals surface area contributed by atoms with Gasteiger partial charge in [-0.2, -0.15) is 6.92 Å². The molecule has 0 fully saturated rings. The van der Waals surface area contributed by atoms with Crippen molar-refractivity contribution in [3.63, 3.8) is 0 Å². The van der Waals surface area contributed by atoms with Gasteiger partial charge in [-0.15, -0.1) is 0 Å². The van der Waals surface area contributed by atoms with Gasteiger partial charge in [-0.1, -0.05) is 0 Å². The van der Waals surface area contributed by atoms with Crippen molar-refractivity contribution in [3.8, 4) is 0 Å². The van der Waals surface area contributed by atoms with Crippen molar-refractivity contribution < 1.29 is 32.0 Å². The molecule has 0 bridgehead atoms. The van der Waals surface area contributed by atoms with E-state index in [1.54, 1.807) is 0 Å². The fourth-order valence-electron chi connectivity index (χ4n) is 0. The first-order chi connectivity index (χ1) is 3.15. The van der Waals surface area contributed by atoms with E-state index in [1.807, 2.05) is 0 Å². The van der Waals surface area contributed by atoms with E-state index in [9.17, 15) is 4.79 Å². The van der Waals surface area contributed by atoms with Crippen molar-refractivity contribution in [1.29, 1.82) is 0 Å². The number of carbonyl (C=O) groups excluding carboxylic acids is 2. The molecule has 0 radical (unpaired) electrons. The third-order valence-electron chi connectivity index (χ3n) is 0. The quantitative estimate of drug-likeness (QED) is 0.434. The van der Waals surface area contributed by atoms with Gasteiger partial charge in [-0.25, -0.2) is 0 Å². The van der Waals surface area contributed by atoms with Crippen LogP contribution in [-0.2, 0) is 32.0 Å². The van der Waals surface area contributed by atoms with E-state index in [2.05, 4.69) is 0 Å². The first-order valence-electron chi connectivity index (χ1n) is 1.91. The summed E-state index contributed by atoms with van der Waals surface area (Å²) in [5.74, 6) is 0.167. The molecule has 0 aromatic carbocycles. The largest absolute Gasteiger partial charge is 1.00 e. The Hall–Kier alpha value is 0.0803. The molecule has 0 N–H and O–H groups in total. The molecule has 0 aromatic rings. The Morgan fingerprint density at radius 2 is 1.38 bits per heavy atom. The van der Waals surface area contributed by atoms with E-state index in [0.717, 1.165) is 0 Å². The molecule has 0 aliphatic heterocycles. The predicted molar refractivity (Wildman–Crippen MR) is 27.7 cm³/mol. The molecule has 8 heavy (non-hydrogen) atoms. The fourth-order valence-corrected chi connectivity index (χ4v) is 0. The van der Waals surface area contributed by atoms with Crippen LogP contribution in [-0.4, -0.2) is 12.1 Å². The Morgan fingerprint density at radius 3 is 1.38 bits per heavy atom. The van der Waals surface area contributed by atoms with Crippen LogP contribution in [0.25, 0.3) is 0 Å². The molecule has 0 aliphatic carbocycles. The van der Waals surface area contributed by atoms with Crippen LogP contribution in [0.1, 0.15) is 20.8 Å². The number of rotatable bonds is 0. The zero-order valence-electron chi connectivity index (χ0n) is 5.12. The minimum Gasteiger partial charge on any atom is -0.542 e. The summed E-state index contributed by atoms with van der Waals surface area (Å²) in [7, 11) is 0. The van der Waals surface area contributed by atoms with Gasteiger partial charge in [0.25, 0.3) is 0 Å². The van der Waals surface area contributed by atoms with Gasteiger partial charge in [0, 0.05) is 0 Å². The van der Waals surface area contributed by atoms with Crippen LogP contribution in [0.2, 0.25) is 0 Å². The number of carbonyl (C=O) groups is 1. The maximum absolute atomic E-state index is 9.44. The normalized spacial score (nSPS) is 4.88. The molecular weight excluding hydrogens is 200 g/mol. The summed E-state index contributed by atoms with van der Waals surface area (Å²) >= 11 is 0. The van der Waals surface area contributed by atoms with Crippen LogP contribution in [0.4, 0.5) is 0 Å². The second-order valence-corrected chi connectivity index (χ2v) is 1.11. The SMILES string of the molecule is CC(C)=O.C[C-]=O.[Ag+]. The second-order valence-electron chi connectivity index (χ2n) is 1.11. The van der Waals surface area contributed by atoms with Gasteiger partial charge >= 0.3 is 22.4 Å². The summed E-state index contributed by atoms with van der Waals surface area (Å²) < 4.78 is 0. The number of hydrogen-bond acceptors (Lipinski definition) is 2. The van der Waals surface area contributed by atoms with Gasteiger partial charge in [0.1, 0.15) is 5.78 Å². The van der Waals surface area contributed by atoms with E-state index in [4.69, 9.17) is 4.79 Å². The number of hydrogen-bond donors (Lipinski definition) is 0. The first-order valence-corrected chi connectivity index (χ1v) is 1.91. The zero-order chi connectivity index (χ0) is 6.28. The van der Waals surface area contributed by atoms with E-state index in [1.165, 1.54) is 27.1 Å². The second kappa shape index (κ2) is 15.7. The van der Waals surface area contributed by atoms with E-state index in [-0.39, 0.29) is 28.2 Å². The van der Waals surface area contributed by atoms with Crippen molar-refractivity contribution >= 4 is 12.1 Å². The molecule has 0 aliphatic rings. The number of Topliss-reactive ketones (excluding diaryl/α,β-unsaturated/α-hetero) is 1. The Morgan fingerprint density at radius 1 is 1.38 bits per heavy atom. The van der Waals surface area contributed by atoms with Gasteiger partial charge in [0.2, 0.25) is 0 Å². The summed E-state index contributed by atoms with van der Waals surface area (Å²) in [5.41, 5.74) is 0. The molecule has 0 saturated carbocycles. The monoisotopic (exact) mass is 208 g/mol. The summed E-state index contributed by atoms with van der Waals surface area (Å²) in [4.78, 5) is 18.1. The molecule has 0 aromatic heterocycles. The third kappa shape index (κ3) is 24400. The molecular formula is C5H9AgO2. The molecule has 3 heteroatoms.